The molecule has 7 nitrogen and oxygen atoms in total. The number of Topliss-reactive ketones (excluding diaryl/α,β-unsaturated/α-hetero) is 1. The highest BCUT2D eigenvalue weighted by molar-refractivity contribution is 5.99. The molecular formula is C20H27N3O4. The number of anilines is 1. The lowest BCUT2D eigenvalue weighted by Crippen LogP contribution is -2.37. The van der Waals surface area contributed by atoms with Gasteiger partial charge in [-0.1, -0.05) is 0 Å². The van der Waals surface area contributed by atoms with E-state index in [2.05, 4.69) is 16.0 Å². The van der Waals surface area contributed by atoms with Gasteiger partial charge in [0.05, 0.1) is 0 Å². The molecule has 0 saturated heterocycles. The summed E-state index contributed by atoms with van der Waals surface area (Å²) in [7, 11) is 0. The van der Waals surface area contributed by atoms with E-state index in [0.29, 0.717) is 18.5 Å². The molecule has 3 N–H and O–H groups in total. The summed E-state index contributed by atoms with van der Waals surface area (Å²) in [6.45, 7) is 7.76. The number of rotatable bonds is 6. The number of amides is 2. The number of allylic oxidation sites excluding steroid dienone is 2. The quantitative estimate of drug-likeness (QED) is 0.666. The molecule has 2 rings (SSSR count). The molecule has 0 aliphatic heterocycles. The van der Waals surface area contributed by atoms with Crippen LogP contribution in [0.15, 0.2) is 35.5 Å². The van der Waals surface area contributed by atoms with Crippen molar-refractivity contribution in [2.45, 2.75) is 46.1 Å². The van der Waals surface area contributed by atoms with Gasteiger partial charge in [0.2, 0.25) is 0 Å². The van der Waals surface area contributed by atoms with Crippen molar-refractivity contribution in [2.24, 2.45) is 0 Å². The minimum absolute atomic E-state index is 0.175. The van der Waals surface area contributed by atoms with Crippen molar-refractivity contribution in [1.82, 2.24) is 10.6 Å². The standard InChI is InChI=1S/C20H27N3O4/c1-13-16(9-10-17(13)24)23-15-7-5-14(6-8-15)18(25)21-11-12-22-19(26)27-20(2,3)4/h5-8,23H,9-12H2,1-4H3,(H,21,25)(H,22,26). The van der Waals surface area contributed by atoms with Gasteiger partial charge >= 0.3 is 6.09 Å². The van der Waals surface area contributed by atoms with Crippen molar-refractivity contribution < 1.29 is 19.1 Å². The van der Waals surface area contributed by atoms with Crippen LogP contribution >= 0.6 is 0 Å². The van der Waals surface area contributed by atoms with Crippen LogP contribution in [0, 0.1) is 0 Å². The monoisotopic (exact) mass is 373 g/mol. The SMILES string of the molecule is CC1=C(Nc2ccc(C(=O)NCCNC(=O)OC(C)(C)C)cc2)CCC1=O. The van der Waals surface area contributed by atoms with Crippen molar-refractivity contribution >= 4 is 23.5 Å². The maximum absolute atomic E-state index is 12.1. The smallest absolute Gasteiger partial charge is 0.407 e. The first-order chi connectivity index (χ1) is 12.7. The molecule has 0 atom stereocenters. The van der Waals surface area contributed by atoms with Crippen molar-refractivity contribution in [2.75, 3.05) is 18.4 Å². The normalized spacial score (nSPS) is 14.1. The third-order valence-electron chi connectivity index (χ3n) is 3.99. The van der Waals surface area contributed by atoms with Crippen LogP contribution in [0.4, 0.5) is 10.5 Å². The molecule has 0 unspecified atom stereocenters. The number of carbonyl (C=O) groups excluding carboxylic acids is 3. The molecule has 0 saturated carbocycles. The second kappa shape index (κ2) is 8.70. The first-order valence-corrected chi connectivity index (χ1v) is 9.01. The Morgan fingerprint density at radius 1 is 1.04 bits per heavy atom. The number of ketones is 1. The van der Waals surface area contributed by atoms with Gasteiger partial charge < -0.3 is 20.7 Å². The summed E-state index contributed by atoms with van der Waals surface area (Å²) < 4.78 is 5.12. The van der Waals surface area contributed by atoms with E-state index in [0.717, 1.165) is 23.4 Å². The van der Waals surface area contributed by atoms with E-state index in [9.17, 15) is 14.4 Å². The van der Waals surface area contributed by atoms with Crippen LogP contribution in [0.1, 0.15) is 50.9 Å². The van der Waals surface area contributed by atoms with Crippen molar-refractivity contribution in [3.63, 3.8) is 0 Å². The Morgan fingerprint density at radius 2 is 1.67 bits per heavy atom. The van der Waals surface area contributed by atoms with Gasteiger partial charge in [-0.25, -0.2) is 4.79 Å². The lowest BCUT2D eigenvalue weighted by atomic mass is 10.2. The predicted octanol–water partition coefficient (Wildman–Crippen LogP) is 2.99. The fourth-order valence-corrected chi connectivity index (χ4v) is 2.57. The highest BCUT2D eigenvalue weighted by Crippen LogP contribution is 2.24. The van der Waals surface area contributed by atoms with Crippen LogP contribution in [-0.2, 0) is 9.53 Å². The summed E-state index contributed by atoms with van der Waals surface area (Å²) >= 11 is 0. The van der Waals surface area contributed by atoms with E-state index in [-0.39, 0.29) is 18.2 Å². The van der Waals surface area contributed by atoms with E-state index >= 15 is 0 Å². The molecule has 146 valence electrons. The zero-order chi connectivity index (χ0) is 20.0. The third-order valence-corrected chi connectivity index (χ3v) is 3.99. The average Bonchev–Trinajstić information content (AvgIpc) is 2.90. The Labute approximate surface area is 159 Å². The molecule has 1 aliphatic rings. The van der Waals surface area contributed by atoms with E-state index in [1.54, 1.807) is 45.0 Å². The summed E-state index contributed by atoms with van der Waals surface area (Å²) in [6.07, 6.45) is 0.756. The number of hydrogen-bond donors (Lipinski definition) is 3. The van der Waals surface area contributed by atoms with Gasteiger partial charge in [-0.15, -0.1) is 0 Å². The fourth-order valence-electron chi connectivity index (χ4n) is 2.57. The van der Waals surface area contributed by atoms with Gasteiger partial charge in [-0.2, -0.15) is 0 Å². The van der Waals surface area contributed by atoms with Crippen molar-refractivity contribution in [3.05, 3.63) is 41.1 Å². The molecule has 0 heterocycles. The summed E-state index contributed by atoms with van der Waals surface area (Å²) in [5, 5.41) is 8.56. The Hall–Kier alpha value is -2.83. The van der Waals surface area contributed by atoms with Gasteiger partial charge in [-0.05, 0) is 58.4 Å². The number of hydrogen-bond acceptors (Lipinski definition) is 5. The van der Waals surface area contributed by atoms with Gasteiger partial charge in [0.15, 0.2) is 5.78 Å². The van der Waals surface area contributed by atoms with E-state index in [1.807, 2.05) is 6.92 Å². The van der Waals surface area contributed by atoms with Gasteiger partial charge in [0, 0.05) is 42.0 Å². The highest BCUT2D eigenvalue weighted by Gasteiger charge is 2.19. The molecular weight excluding hydrogens is 346 g/mol. The summed E-state index contributed by atoms with van der Waals surface area (Å²) in [5.41, 5.74) is 2.51. The zero-order valence-electron chi connectivity index (χ0n) is 16.3. The summed E-state index contributed by atoms with van der Waals surface area (Å²) in [4.78, 5) is 35.2. The number of carbonyl (C=O) groups is 3. The van der Waals surface area contributed by atoms with Crippen LogP contribution in [0.25, 0.3) is 0 Å². The molecule has 27 heavy (non-hydrogen) atoms. The molecule has 0 spiro atoms. The van der Waals surface area contributed by atoms with Gasteiger partial charge in [0.1, 0.15) is 5.60 Å². The number of nitrogens with one attached hydrogen (secondary N) is 3. The summed E-state index contributed by atoms with van der Waals surface area (Å²) in [6, 6.07) is 7.03. The van der Waals surface area contributed by atoms with Crippen molar-refractivity contribution in [1.29, 1.82) is 0 Å². The van der Waals surface area contributed by atoms with E-state index < -0.39 is 11.7 Å². The average molecular weight is 373 g/mol. The lowest BCUT2D eigenvalue weighted by molar-refractivity contribution is -0.114. The second-order valence-electron chi connectivity index (χ2n) is 7.41. The molecule has 0 fully saturated rings. The zero-order valence-corrected chi connectivity index (χ0v) is 16.3. The summed E-state index contributed by atoms with van der Waals surface area (Å²) in [5.74, 6) is -0.0486. The van der Waals surface area contributed by atoms with E-state index in [1.165, 1.54) is 0 Å². The number of alkyl carbamates (subject to hydrolysis) is 1. The molecule has 2 amide bonds. The first-order valence-electron chi connectivity index (χ1n) is 9.01. The Morgan fingerprint density at radius 3 is 2.22 bits per heavy atom. The Bertz CT molecular complexity index is 745. The molecule has 1 aliphatic carbocycles. The van der Waals surface area contributed by atoms with Crippen LogP contribution in [-0.4, -0.2) is 36.5 Å². The molecule has 1 aromatic carbocycles. The lowest BCUT2D eigenvalue weighted by Gasteiger charge is -2.19. The molecule has 1 aromatic rings. The maximum atomic E-state index is 12.1. The maximum Gasteiger partial charge on any atom is 0.407 e. The van der Waals surface area contributed by atoms with Gasteiger partial charge in [-0.3, -0.25) is 9.59 Å². The Balaban J connectivity index is 1.77. The largest absolute Gasteiger partial charge is 0.444 e. The van der Waals surface area contributed by atoms with Crippen LogP contribution in [0.5, 0.6) is 0 Å². The van der Waals surface area contributed by atoms with Crippen LogP contribution in [0.3, 0.4) is 0 Å². The third kappa shape index (κ3) is 6.44. The minimum atomic E-state index is -0.552. The highest BCUT2D eigenvalue weighted by atomic mass is 16.6. The molecule has 0 bridgehead atoms. The topological polar surface area (TPSA) is 96.5 Å². The molecule has 0 aromatic heterocycles. The van der Waals surface area contributed by atoms with Gasteiger partial charge in [0.25, 0.3) is 5.91 Å². The Kier molecular flexibility index (Phi) is 6.60. The molecule has 7 heteroatoms. The first kappa shape index (κ1) is 20.5. The second-order valence-corrected chi connectivity index (χ2v) is 7.41. The number of ether oxygens (including phenoxy) is 1. The predicted molar refractivity (Wildman–Crippen MR) is 104 cm³/mol. The number of benzene rings is 1. The molecule has 0 radical (unpaired) electrons. The van der Waals surface area contributed by atoms with Crippen LogP contribution < -0.4 is 16.0 Å². The van der Waals surface area contributed by atoms with Crippen molar-refractivity contribution in [3.8, 4) is 0 Å². The fraction of sp³-hybridized carbons (Fsp3) is 0.450. The van der Waals surface area contributed by atoms with E-state index in [4.69, 9.17) is 4.74 Å². The minimum Gasteiger partial charge on any atom is -0.444 e. The van der Waals surface area contributed by atoms with Crippen LogP contribution in [0.2, 0.25) is 0 Å².